The summed E-state index contributed by atoms with van der Waals surface area (Å²) in [5.41, 5.74) is 10.3. The van der Waals surface area contributed by atoms with Gasteiger partial charge in [-0.2, -0.15) is 0 Å². The molecule has 9 nitrogen and oxygen atoms in total. The van der Waals surface area contributed by atoms with Gasteiger partial charge < -0.3 is 29.8 Å². The normalized spacial score (nSPS) is 12.2. The molecule has 38 heavy (non-hydrogen) atoms. The number of methoxy groups -OCH3 is 3. The molecule has 4 rings (SSSR count). The number of benzene rings is 2. The molecule has 0 aliphatic carbocycles. The third-order valence-corrected chi connectivity index (χ3v) is 6.68. The monoisotopic (exact) mass is 519 g/mol. The summed E-state index contributed by atoms with van der Waals surface area (Å²) in [7, 11) is 4.71. The number of carbonyl (C=O) groups is 1. The molecule has 1 amide bonds. The largest absolute Gasteiger partial charge is 0.493 e. The lowest BCUT2D eigenvalue weighted by Crippen LogP contribution is -2.33. The van der Waals surface area contributed by atoms with E-state index in [0.717, 1.165) is 30.3 Å². The second kappa shape index (κ2) is 11.6. The summed E-state index contributed by atoms with van der Waals surface area (Å²) in [6.07, 6.45) is 3.05. The van der Waals surface area contributed by atoms with Crippen molar-refractivity contribution in [1.82, 2.24) is 19.9 Å². The molecule has 4 aromatic rings. The van der Waals surface area contributed by atoms with Crippen molar-refractivity contribution in [2.75, 3.05) is 27.1 Å². The van der Waals surface area contributed by atoms with Gasteiger partial charge in [0.15, 0.2) is 17.1 Å². The lowest BCUT2D eigenvalue weighted by atomic mass is 10.0. The Kier molecular flexibility index (Phi) is 8.24. The molecule has 202 valence electrons. The highest BCUT2D eigenvalue weighted by Crippen LogP contribution is 2.39. The Bertz CT molecular complexity index is 1420. The number of nitrogens with one attached hydrogen (secondary N) is 1. The number of hydrogen-bond donors (Lipinski definition) is 2. The fourth-order valence-electron chi connectivity index (χ4n) is 4.71. The number of nitrogen functional groups attached to an aromatic ring is 1. The zero-order valence-corrected chi connectivity index (χ0v) is 23.0. The fourth-order valence-corrected chi connectivity index (χ4v) is 4.71. The van der Waals surface area contributed by atoms with Gasteiger partial charge in [-0.3, -0.25) is 4.79 Å². The van der Waals surface area contributed by atoms with E-state index in [1.807, 2.05) is 47.9 Å². The van der Waals surface area contributed by atoms with E-state index in [0.29, 0.717) is 57.8 Å². The maximum atomic E-state index is 13.5. The van der Waals surface area contributed by atoms with Gasteiger partial charge in [0.05, 0.1) is 38.9 Å². The average molecular weight is 520 g/mol. The number of aromatic nitrogens is 3. The van der Waals surface area contributed by atoms with Crippen LogP contribution < -0.4 is 25.3 Å². The molecule has 1 atom stereocenters. The molecule has 0 bridgehead atoms. The first-order valence-corrected chi connectivity index (χ1v) is 12.9. The standard InChI is InChI=1S/C29H37N5O4/c1-17(2)10-9-11-18(3)31-29(35)24-25-28(33-21-13-8-7-12-20(21)32-25)34(27(24)30)16-19-14-22(36-4)26(38-6)23(15-19)37-5/h7-8,12-15,17-18H,9-11,16,30H2,1-6H3,(H,31,35). The van der Waals surface area contributed by atoms with Crippen molar-refractivity contribution in [1.29, 1.82) is 0 Å². The lowest BCUT2D eigenvalue weighted by Gasteiger charge is -2.16. The van der Waals surface area contributed by atoms with Gasteiger partial charge in [-0.05, 0) is 49.1 Å². The van der Waals surface area contributed by atoms with E-state index in [1.54, 1.807) is 21.3 Å². The summed E-state index contributed by atoms with van der Waals surface area (Å²) < 4.78 is 18.3. The predicted octanol–water partition coefficient (Wildman–Crippen LogP) is 5.19. The van der Waals surface area contributed by atoms with E-state index in [-0.39, 0.29) is 11.9 Å². The number of para-hydroxylation sites is 2. The highest BCUT2D eigenvalue weighted by molar-refractivity contribution is 6.10. The van der Waals surface area contributed by atoms with Crippen LogP contribution in [0, 0.1) is 5.92 Å². The van der Waals surface area contributed by atoms with E-state index in [4.69, 9.17) is 29.9 Å². The van der Waals surface area contributed by atoms with Crippen molar-refractivity contribution in [2.45, 2.75) is 52.6 Å². The van der Waals surface area contributed by atoms with Gasteiger partial charge in [-0.1, -0.05) is 38.8 Å². The Morgan fingerprint density at radius 2 is 1.61 bits per heavy atom. The zero-order chi connectivity index (χ0) is 27.4. The van der Waals surface area contributed by atoms with E-state index in [1.165, 1.54) is 0 Å². The minimum Gasteiger partial charge on any atom is -0.493 e. The van der Waals surface area contributed by atoms with Crippen LogP contribution in [0.4, 0.5) is 5.82 Å². The highest BCUT2D eigenvalue weighted by Gasteiger charge is 2.25. The molecule has 3 N–H and O–H groups in total. The number of ether oxygens (including phenoxy) is 3. The second-order valence-corrected chi connectivity index (χ2v) is 9.96. The van der Waals surface area contributed by atoms with Crippen LogP contribution >= 0.6 is 0 Å². The Morgan fingerprint density at radius 3 is 2.18 bits per heavy atom. The van der Waals surface area contributed by atoms with Crippen LogP contribution in [0.1, 0.15) is 56.0 Å². The molecule has 0 spiro atoms. The average Bonchev–Trinajstić information content (AvgIpc) is 3.16. The van der Waals surface area contributed by atoms with Gasteiger partial charge >= 0.3 is 0 Å². The van der Waals surface area contributed by atoms with Crippen LogP contribution in [0.15, 0.2) is 36.4 Å². The molecule has 9 heteroatoms. The Morgan fingerprint density at radius 1 is 0.974 bits per heavy atom. The van der Waals surface area contributed by atoms with Crippen LogP contribution in [0.5, 0.6) is 17.2 Å². The number of fused-ring (bicyclic) bond motifs is 2. The Hall–Kier alpha value is -4.01. The van der Waals surface area contributed by atoms with Gasteiger partial charge in [0.25, 0.3) is 5.91 Å². The lowest BCUT2D eigenvalue weighted by molar-refractivity contribution is 0.0940. The molecule has 0 aliphatic rings. The van der Waals surface area contributed by atoms with Crippen molar-refractivity contribution in [3.8, 4) is 17.2 Å². The van der Waals surface area contributed by atoms with E-state index in [2.05, 4.69) is 19.2 Å². The van der Waals surface area contributed by atoms with Gasteiger partial charge in [0, 0.05) is 6.04 Å². The second-order valence-electron chi connectivity index (χ2n) is 9.96. The smallest absolute Gasteiger partial charge is 0.257 e. The van der Waals surface area contributed by atoms with E-state index < -0.39 is 0 Å². The number of rotatable bonds is 11. The maximum Gasteiger partial charge on any atom is 0.257 e. The fraction of sp³-hybridized carbons (Fsp3) is 0.414. The summed E-state index contributed by atoms with van der Waals surface area (Å²) in [6, 6.07) is 11.3. The molecular formula is C29H37N5O4. The molecule has 0 radical (unpaired) electrons. The number of carbonyl (C=O) groups excluding carboxylic acids is 1. The molecular weight excluding hydrogens is 482 g/mol. The quantitative estimate of drug-likeness (QED) is 0.280. The Labute approximate surface area is 223 Å². The highest BCUT2D eigenvalue weighted by atomic mass is 16.5. The van der Waals surface area contributed by atoms with Crippen molar-refractivity contribution >= 4 is 33.9 Å². The van der Waals surface area contributed by atoms with E-state index >= 15 is 0 Å². The first-order valence-electron chi connectivity index (χ1n) is 12.9. The van der Waals surface area contributed by atoms with Gasteiger partial charge in [0.2, 0.25) is 5.75 Å². The molecule has 2 aromatic carbocycles. The SMILES string of the molecule is COc1cc(Cn2c(N)c(C(=O)NC(C)CCCC(C)C)c3nc4ccccc4nc32)cc(OC)c1OC. The molecule has 0 fully saturated rings. The number of hydrogen-bond acceptors (Lipinski definition) is 7. The molecule has 0 saturated heterocycles. The van der Waals surface area contributed by atoms with Crippen molar-refractivity contribution < 1.29 is 19.0 Å². The van der Waals surface area contributed by atoms with Crippen LogP contribution in [0.3, 0.4) is 0 Å². The molecule has 2 aromatic heterocycles. The van der Waals surface area contributed by atoms with Gasteiger partial charge in [-0.25, -0.2) is 9.97 Å². The third kappa shape index (κ3) is 5.46. The van der Waals surface area contributed by atoms with Crippen molar-refractivity contribution in [3.63, 3.8) is 0 Å². The zero-order valence-electron chi connectivity index (χ0n) is 23.0. The van der Waals surface area contributed by atoms with Crippen LogP contribution in [0.2, 0.25) is 0 Å². The third-order valence-electron chi connectivity index (χ3n) is 6.68. The van der Waals surface area contributed by atoms with Crippen molar-refractivity contribution in [3.05, 3.63) is 47.5 Å². The summed E-state index contributed by atoms with van der Waals surface area (Å²) in [6.45, 7) is 6.75. The van der Waals surface area contributed by atoms with Gasteiger partial charge in [0.1, 0.15) is 16.9 Å². The number of anilines is 1. The molecule has 0 saturated carbocycles. The summed E-state index contributed by atoms with van der Waals surface area (Å²) >= 11 is 0. The predicted molar refractivity (Wildman–Crippen MR) is 150 cm³/mol. The first kappa shape index (κ1) is 27.0. The van der Waals surface area contributed by atoms with Crippen molar-refractivity contribution in [2.24, 2.45) is 5.92 Å². The van der Waals surface area contributed by atoms with Crippen LogP contribution in [-0.4, -0.2) is 47.8 Å². The number of nitrogens with two attached hydrogens (primary N) is 1. The van der Waals surface area contributed by atoms with Crippen LogP contribution in [-0.2, 0) is 6.54 Å². The summed E-state index contributed by atoms with van der Waals surface area (Å²) in [5.74, 6) is 2.24. The topological polar surface area (TPSA) is 114 Å². The minimum atomic E-state index is -0.252. The van der Waals surface area contributed by atoms with Crippen LogP contribution in [0.25, 0.3) is 22.2 Å². The molecule has 0 aliphatic heterocycles. The number of amides is 1. The van der Waals surface area contributed by atoms with Gasteiger partial charge in [-0.15, -0.1) is 0 Å². The minimum absolute atomic E-state index is 0.00239. The first-order chi connectivity index (χ1) is 18.3. The molecule has 1 unspecified atom stereocenters. The Balaban J connectivity index is 1.78. The number of nitrogens with zero attached hydrogens (tertiary/aromatic N) is 3. The van der Waals surface area contributed by atoms with E-state index in [9.17, 15) is 4.79 Å². The maximum absolute atomic E-state index is 13.5. The molecule has 2 heterocycles. The summed E-state index contributed by atoms with van der Waals surface area (Å²) in [4.78, 5) is 23.2. The summed E-state index contributed by atoms with van der Waals surface area (Å²) in [5, 5.41) is 3.12.